The van der Waals surface area contributed by atoms with Crippen LogP contribution in [-0.2, 0) is 0 Å². The lowest BCUT2D eigenvalue weighted by molar-refractivity contribution is 1.59. The molecule has 24 aromatic rings. The minimum atomic E-state index is 1.22. The van der Waals surface area contributed by atoms with Crippen molar-refractivity contribution in [2.45, 2.75) is 0 Å². The first-order valence-electron chi connectivity index (χ1n) is 42.9. The van der Waals surface area contributed by atoms with E-state index in [-0.39, 0.29) is 0 Å². The predicted molar refractivity (Wildman–Crippen MR) is 534 cm³/mol. The third-order valence-electron chi connectivity index (χ3n) is 25.1. The quantitative estimate of drug-likeness (QED) is 0.113. The summed E-state index contributed by atoms with van der Waals surface area (Å²) in [5.41, 5.74) is 27.5. The monoisotopic (exact) mass is 1570 g/mol. The fourth-order valence-corrected chi connectivity index (χ4v) is 19.6. The minimum Gasteiger partial charge on any atom is -0.0622 e. The summed E-state index contributed by atoms with van der Waals surface area (Å²) in [6.45, 7) is 0. The smallest absolute Gasteiger partial charge is 0.000139 e. The summed E-state index contributed by atoms with van der Waals surface area (Å²) in [5.74, 6) is 0. The van der Waals surface area contributed by atoms with Gasteiger partial charge in [0, 0.05) is 0 Å². The molecule has 124 heavy (non-hydrogen) atoms. The van der Waals surface area contributed by atoms with E-state index in [0.717, 1.165) is 0 Å². The molecule has 0 radical (unpaired) electrons. The Bertz CT molecular complexity index is 7720. The zero-order valence-electron chi connectivity index (χ0n) is 68.3. The van der Waals surface area contributed by atoms with Crippen LogP contribution in [0, 0.1) is 0 Å². The second-order valence-electron chi connectivity index (χ2n) is 32.2. The third kappa shape index (κ3) is 13.6. The van der Waals surface area contributed by atoms with Crippen molar-refractivity contribution in [2.75, 3.05) is 0 Å². The molecule has 0 N–H and O–H groups in total. The molecule has 0 saturated carbocycles. The second-order valence-corrected chi connectivity index (χ2v) is 32.2. The van der Waals surface area contributed by atoms with Gasteiger partial charge in [-0.05, 0) is 260 Å². The third-order valence-corrected chi connectivity index (χ3v) is 25.1. The highest BCUT2D eigenvalue weighted by Gasteiger charge is 2.27. The van der Waals surface area contributed by atoms with Crippen LogP contribution < -0.4 is 0 Å². The van der Waals surface area contributed by atoms with Gasteiger partial charge < -0.3 is 0 Å². The number of hydrogen-bond donors (Lipinski definition) is 0. The number of hydrogen-bond acceptors (Lipinski definition) is 0. The molecule has 0 unspecified atom stereocenters. The van der Waals surface area contributed by atoms with Gasteiger partial charge in [0.1, 0.15) is 0 Å². The van der Waals surface area contributed by atoms with Crippen LogP contribution >= 0.6 is 0 Å². The molecule has 0 fully saturated rings. The molecule has 0 aliphatic rings. The van der Waals surface area contributed by atoms with E-state index in [1.165, 1.54) is 230 Å². The highest BCUT2D eigenvalue weighted by Crippen LogP contribution is 2.55. The van der Waals surface area contributed by atoms with Gasteiger partial charge in [-0.1, -0.05) is 467 Å². The summed E-state index contributed by atoms with van der Waals surface area (Å²) < 4.78 is 0. The van der Waals surface area contributed by atoms with Crippen molar-refractivity contribution >= 4 is 108 Å². The molecule has 24 rings (SSSR count). The van der Waals surface area contributed by atoms with Gasteiger partial charge in [0.15, 0.2) is 0 Å². The van der Waals surface area contributed by atoms with Crippen molar-refractivity contribution in [1.82, 2.24) is 0 Å². The van der Waals surface area contributed by atoms with Gasteiger partial charge in [-0.3, -0.25) is 0 Å². The Morgan fingerprint density at radius 2 is 0.298 bits per heavy atom. The van der Waals surface area contributed by atoms with Crippen LogP contribution in [0.2, 0.25) is 0 Å². The van der Waals surface area contributed by atoms with Crippen molar-refractivity contribution in [2.24, 2.45) is 0 Å². The van der Waals surface area contributed by atoms with E-state index in [2.05, 4.69) is 497 Å². The normalized spacial score (nSPS) is 11.4. The van der Waals surface area contributed by atoms with Gasteiger partial charge in [0.05, 0.1) is 0 Å². The van der Waals surface area contributed by atoms with Crippen molar-refractivity contribution in [3.8, 4) is 122 Å². The fraction of sp³-hybridized carbons (Fsp3) is 0. The van der Waals surface area contributed by atoms with E-state index in [1.807, 2.05) is 0 Å². The maximum absolute atomic E-state index is 2.40. The molecule has 0 aliphatic carbocycles. The molecule has 24 aromatic carbocycles. The summed E-state index contributed by atoms with van der Waals surface area (Å²) in [6, 6.07) is 181. The zero-order valence-corrected chi connectivity index (χ0v) is 68.3. The molecule has 0 saturated heterocycles. The minimum absolute atomic E-state index is 1.22. The highest BCUT2D eigenvalue weighted by molar-refractivity contribution is 6.34. The number of fused-ring (bicyclic) bond motifs is 10. The Kier molecular flexibility index (Phi) is 19.5. The van der Waals surface area contributed by atoms with Crippen LogP contribution in [0.15, 0.2) is 497 Å². The number of rotatable bonds is 11. The average Bonchev–Trinajstić information content (AvgIpc) is 0.698. The Morgan fingerprint density at radius 1 is 0.0887 bits per heavy atom. The zero-order chi connectivity index (χ0) is 82.2. The van der Waals surface area contributed by atoms with Gasteiger partial charge in [0.2, 0.25) is 0 Å². The van der Waals surface area contributed by atoms with Gasteiger partial charge in [-0.25, -0.2) is 0 Å². The molecule has 0 atom stereocenters. The first-order chi connectivity index (χ1) is 61.6. The highest BCUT2D eigenvalue weighted by atomic mass is 14.3. The molecular formula is C124H82. The van der Waals surface area contributed by atoms with E-state index in [1.54, 1.807) is 0 Å². The van der Waals surface area contributed by atoms with Crippen molar-refractivity contribution in [1.29, 1.82) is 0 Å². The van der Waals surface area contributed by atoms with Crippen molar-refractivity contribution < 1.29 is 0 Å². The van der Waals surface area contributed by atoms with E-state index < -0.39 is 0 Å². The molecule has 0 aromatic heterocycles. The molecule has 0 amide bonds. The molecular weight excluding hydrogens is 1490 g/mol. The summed E-state index contributed by atoms with van der Waals surface area (Å²) >= 11 is 0. The summed E-state index contributed by atoms with van der Waals surface area (Å²) in [5, 5.41) is 25.4. The maximum atomic E-state index is 2.40. The molecule has 0 nitrogen and oxygen atoms in total. The first kappa shape index (κ1) is 74.2. The Hall–Kier alpha value is -16.1. The SMILES string of the molecule is c1ccc(-c2c3ccccc3c(-c3ccccc3)c3c(-c4ccccc4)c4ccccc4c(-c4ccccc4)c23)cc1.c1ccc(-c2cc(-c3cccc4ccccc34)cc(-c3c4ccccc4c(-c4ccc5ccccc5c4)c4ccccc34)c2)cc1.c1ccc(-c2ccc(-c3c4ccccc4c(-c4ccc5ccccc5c4)c4ccccc34)cc2)cc1. The van der Waals surface area contributed by atoms with Gasteiger partial charge in [-0.15, -0.1) is 0 Å². The Balaban J connectivity index is 0.000000111. The summed E-state index contributed by atoms with van der Waals surface area (Å²) in [7, 11) is 0. The second kappa shape index (κ2) is 32.5. The Labute approximate surface area is 722 Å². The van der Waals surface area contributed by atoms with Crippen LogP contribution in [0.4, 0.5) is 0 Å². The average molecular weight is 1570 g/mol. The summed E-state index contributed by atoms with van der Waals surface area (Å²) in [4.78, 5) is 0. The van der Waals surface area contributed by atoms with E-state index in [0.29, 0.717) is 0 Å². The van der Waals surface area contributed by atoms with Crippen LogP contribution in [0.25, 0.3) is 230 Å². The lowest BCUT2D eigenvalue weighted by Gasteiger charge is -2.25. The number of benzene rings is 24. The molecule has 0 aliphatic heterocycles. The molecule has 0 spiro atoms. The Morgan fingerprint density at radius 3 is 0.645 bits per heavy atom. The van der Waals surface area contributed by atoms with Gasteiger partial charge in [0.25, 0.3) is 0 Å². The maximum Gasteiger partial charge on any atom is -0.000139 e. The lowest BCUT2D eigenvalue weighted by atomic mass is 9.77. The molecule has 0 heterocycles. The van der Waals surface area contributed by atoms with E-state index in [9.17, 15) is 0 Å². The van der Waals surface area contributed by atoms with Crippen molar-refractivity contribution in [3.63, 3.8) is 0 Å². The summed E-state index contributed by atoms with van der Waals surface area (Å²) in [6.07, 6.45) is 0. The standard InChI is InChI=1S/C46H30.C42H28.C36H24/c1-2-13-31(14-3-1)36-28-37(40-24-12-18-33-16-6-7-19-39(33)40)30-38(29-36)46-43-22-10-8-20-41(43)45(42-21-9-11-23-44(42)46)35-26-25-32-15-4-5-17-34(32)27-35;1-5-17-29(18-6-1)37-33-25-13-14-26-34(33)39(31-21-9-3-10-22-31)42-40(32-23-11-4-12-24-32)36-28-16-15-27-35(36)38(41(37)42)30-19-7-2-8-20-30;1-2-10-25(11-3-1)27-18-21-28(22-19-27)35-31-14-6-8-16-33(31)36(34-17-9-7-15-32(34)35)30-23-20-26-12-4-5-13-29(26)24-30/h1-30H;1-28H;1-24H. The van der Waals surface area contributed by atoms with Crippen LogP contribution in [-0.4, -0.2) is 0 Å². The lowest BCUT2D eigenvalue weighted by Crippen LogP contribution is -1.97. The van der Waals surface area contributed by atoms with E-state index in [4.69, 9.17) is 0 Å². The molecule has 0 heteroatoms. The topological polar surface area (TPSA) is 0 Å². The van der Waals surface area contributed by atoms with Crippen LogP contribution in [0.3, 0.4) is 0 Å². The molecule has 0 bridgehead atoms. The largest absolute Gasteiger partial charge is 0.0622 e. The molecule has 578 valence electrons. The predicted octanol–water partition coefficient (Wildman–Crippen LogP) is 34.9. The van der Waals surface area contributed by atoms with Gasteiger partial charge in [-0.2, -0.15) is 0 Å². The van der Waals surface area contributed by atoms with E-state index >= 15 is 0 Å². The van der Waals surface area contributed by atoms with Gasteiger partial charge >= 0.3 is 0 Å². The first-order valence-corrected chi connectivity index (χ1v) is 42.9. The van der Waals surface area contributed by atoms with Crippen LogP contribution in [0.1, 0.15) is 0 Å². The van der Waals surface area contributed by atoms with Crippen molar-refractivity contribution in [3.05, 3.63) is 497 Å². The van der Waals surface area contributed by atoms with Crippen LogP contribution in [0.5, 0.6) is 0 Å². The fourth-order valence-electron chi connectivity index (χ4n) is 19.6.